The maximum absolute atomic E-state index is 13.2. The Labute approximate surface area is 235 Å². The summed E-state index contributed by atoms with van der Waals surface area (Å²) in [7, 11) is 1.57. The third-order valence-electron chi connectivity index (χ3n) is 6.54. The van der Waals surface area contributed by atoms with Gasteiger partial charge in [0.05, 0.1) is 24.0 Å². The Hall–Kier alpha value is -4.38. The Morgan fingerprint density at radius 2 is 1.65 bits per heavy atom. The summed E-state index contributed by atoms with van der Waals surface area (Å²) in [6.07, 6.45) is -1.74. The zero-order valence-corrected chi connectivity index (χ0v) is 22.7. The molecule has 0 spiro atoms. The minimum absolute atomic E-state index is 0.0753. The third-order valence-corrected chi connectivity index (χ3v) is 7.44. The van der Waals surface area contributed by atoms with Gasteiger partial charge in [-0.25, -0.2) is 4.79 Å². The zero-order valence-electron chi connectivity index (χ0n) is 21.9. The van der Waals surface area contributed by atoms with Crippen molar-refractivity contribution >= 4 is 34.6 Å². The van der Waals surface area contributed by atoms with Crippen LogP contribution in [0.25, 0.3) is 0 Å². The summed E-state index contributed by atoms with van der Waals surface area (Å²) in [4.78, 5) is 51.3. The van der Waals surface area contributed by atoms with Crippen molar-refractivity contribution < 1.29 is 33.5 Å². The van der Waals surface area contributed by atoms with Gasteiger partial charge >= 0.3 is 6.16 Å². The van der Waals surface area contributed by atoms with Gasteiger partial charge in [0.2, 0.25) is 5.91 Å². The first kappa shape index (κ1) is 28.6. The molecular formula is C29H28N2O8S. The molecule has 40 heavy (non-hydrogen) atoms. The van der Waals surface area contributed by atoms with Crippen molar-refractivity contribution in [1.82, 2.24) is 4.90 Å². The van der Waals surface area contributed by atoms with Gasteiger partial charge in [-0.15, -0.1) is 0 Å². The fraction of sp³-hybridized carbons (Fsp3) is 0.276. The summed E-state index contributed by atoms with van der Waals surface area (Å²) in [6, 6.07) is 21.7. The van der Waals surface area contributed by atoms with Gasteiger partial charge in [-0.05, 0) is 54.4 Å². The number of benzene rings is 3. The Balaban J connectivity index is 1.40. The fourth-order valence-corrected chi connectivity index (χ4v) is 5.26. The second-order valence-corrected chi connectivity index (χ2v) is 10.3. The molecule has 3 atom stereocenters. The topological polar surface area (TPSA) is 125 Å². The SMILES string of the molecule is COc1ccc(CN2C(=O)[C@H]([C@@H](C)OC(=O)OCc3ccc([N+](=O)[O-])cc3)[C@H]2CC(=O)Sc2ccccc2)cc1. The Morgan fingerprint density at radius 1 is 1.00 bits per heavy atom. The maximum atomic E-state index is 13.2. The van der Waals surface area contributed by atoms with Crippen LogP contribution in [0.2, 0.25) is 0 Å². The van der Waals surface area contributed by atoms with E-state index in [9.17, 15) is 24.5 Å². The van der Waals surface area contributed by atoms with Crippen LogP contribution in [0.1, 0.15) is 24.5 Å². The minimum atomic E-state index is -0.976. The second kappa shape index (κ2) is 13.1. The van der Waals surface area contributed by atoms with Gasteiger partial charge in [-0.2, -0.15) is 0 Å². The second-order valence-electron chi connectivity index (χ2n) is 9.18. The Kier molecular flexibility index (Phi) is 9.39. The monoisotopic (exact) mass is 564 g/mol. The molecule has 0 aromatic heterocycles. The van der Waals surface area contributed by atoms with E-state index in [0.29, 0.717) is 17.9 Å². The number of likely N-dealkylation sites (tertiary alicyclic amines) is 1. The quantitative estimate of drug-likeness (QED) is 0.0992. The summed E-state index contributed by atoms with van der Waals surface area (Å²) < 4.78 is 15.8. The van der Waals surface area contributed by atoms with E-state index in [0.717, 1.165) is 22.2 Å². The van der Waals surface area contributed by atoms with Crippen molar-refractivity contribution in [3.05, 3.63) is 100 Å². The number of nitrogens with zero attached hydrogens (tertiary/aromatic N) is 2. The molecule has 4 rings (SSSR count). The summed E-state index contributed by atoms with van der Waals surface area (Å²) in [5.74, 6) is -0.253. The molecule has 3 aromatic carbocycles. The number of carbonyl (C=O) groups excluding carboxylic acids is 3. The van der Waals surface area contributed by atoms with Crippen LogP contribution >= 0.6 is 11.8 Å². The molecule has 0 radical (unpaired) electrons. The van der Waals surface area contributed by atoms with E-state index in [1.54, 1.807) is 31.1 Å². The van der Waals surface area contributed by atoms with Gasteiger partial charge in [0, 0.05) is 30.0 Å². The van der Waals surface area contributed by atoms with E-state index in [1.807, 2.05) is 42.5 Å². The lowest BCUT2D eigenvalue weighted by molar-refractivity contribution is -0.384. The smallest absolute Gasteiger partial charge is 0.497 e. The van der Waals surface area contributed by atoms with E-state index in [2.05, 4.69) is 0 Å². The molecule has 0 bridgehead atoms. The number of amides is 1. The Morgan fingerprint density at radius 3 is 2.27 bits per heavy atom. The van der Waals surface area contributed by atoms with Crippen LogP contribution in [-0.2, 0) is 32.2 Å². The molecule has 1 aliphatic heterocycles. The Bertz CT molecular complexity index is 1350. The van der Waals surface area contributed by atoms with Crippen LogP contribution in [0.3, 0.4) is 0 Å². The molecule has 1 aliphatic rings. The first-order chi connectivity index (χ1) is 19.2. The fourth-order valence-electron chi connectivity index (χ4n) is 4.45. The van der Waals surface area contributed by atoms with Crippen molar-refractivity contribution in [2.75, 3.05) is 7.11 Å². The lowest BCUT2D eigenvalue weighted by Gasteiger charge is -2.48. The first-order valence-electron chi connectivity index (χ1n) is 12.5. The largest absolute Gasteiger partial charge is 0.508 e. The van der Waals surface area contributed by atoms with Crippen molar-refractivity contribution in [1.29, 1.82) is 0 Å². The number of carbonyl (C=O) groups is 3. The molecule has 208 valence electrons. The summed E-state index contributed by atoms with van der Waals surface area (Å²) in [5.41, 5.74) is 1.34. The predicted molar refractivity (Wildman–Crippen MR) is 147 cm³/mol. The molecule has 11 heteroatoms. The molecule has 0 saturated carbocycles. The van der Waals surface area contributed by atoms with Crippen molar-refractivity contribution in [2.24, 2.45) is 5.92 Å². The van der Waals surface area contributed by atoms with E-state index in [4.69, 9.17) is 14.2 Å². The lowest BCUT2D eigenvalue weighted by Crippen LogP contribution is -2.64. The molecule has 0 unspecified atom stereocenters. The molecule has 3 aromatic rings. The number of nitro benzene ring substituents is 1. The number of rotatable bonds is 11. The zero-order chi connectivity index (χ0) is 28.6. The van der Waals surface area contributed by atoms with Crippen LogP contribution in [0.4, 0.5) is 10.5 Å². The number of methoxy groups -OCH3 is 1. The highest BCUT2D eigenvalue weighted by Crippen LogP contribution is 2.37. The van der Waals surface area contributed by atoms with E-state index < -0.39 is 29.1 Å². The van der Waals surface area contributed by atoms with Gasteiger partial charge in [0.15, 0.2) is 5.12 Å². The van der Waals surface area contributed by atoms with Gasteiger partial charge in [-0.3, -0.25) is 19.7 Å². The van der Waals surface area contributed by atoms with Crippen molar-refractivity contribution in [2.45, 2.75) is 43.5 Å². The van der Waals surface area contributed by atoms with Gasteiger partial charge in [0.1, 0.15) is 18.5 Å². The van der Waals surface area contributed by atoms with Gasteiger partial charge < -0.3 is 19.1 Å². The summed E-state index contributed by atoms with van der Waals surface area (Å²) in [5, 5.41) is 10.7. The maximum Gasteiger partial charge on any atom is 0.508 e. The van der Waals surface area contributed by atoms with Crippen LogP contribution in [0.15, 0.2) is 83.8 Å². The highest BCUT2D eigenvalue weighted by atomic mass is 32.2. The van der Waals surface area contributed by atoms with Crippen LogP contribution in [0.5, 0.6) is 5.75 Å². The molecule has 1 fully saturated rings. The summed E-state index contributed by atoms with van der Waals surface area (Å²) >= 11 is 1.10. The normalized spacial score (nSPS) is 16.9. The van der Waals surface area contributed by atoms with Crippen LogP contribution in [-0.4, -0.2) is 46.3 Å². The molecule has 1 saturated heterocycles. The molecule has 0 N–H and O–H groups in total. The third kappa shape index (κ3) is 7.17. The number of ether oxygens (including phenoxy) is 3. The average molecular weight is 565 g/mol. The molecule has 0 aliphatic carbocycles. The molecule has 1 heterocycles. The molecule has 1 amide bonds. The standard InChI is InChI=1S/C29H28N2O8S/c1-19(39-29(34)38-18-21-8-12-22(13-9-21)31(35)36)27-25(16-26(32)40-24-6-4-3-5-7-24)30(28(27)33)17-20-10-14-23(37-2)15-11-20/h3-15,19,25,27H,16-18H2,1-2H3/t19-,25-,27-/m1/s1. The van der Waals surface area contributed by atoms with E-state index in [-0.39, 0.29) is 29.7 Å². The highest BCUT2D eigenvalue weighted by molar-refractivity contribution is 8.13. The van der Waals surface area contributed by atoms with Crippen LogP contribution in [0, 0.1) is 16.0 Å². The highest BCUT2D eigenvalue weighted by Gasteiger charge is 2.51. The number of non-ortho nitro benzene ring substituents is 1. The van der Waals surface area contributed by atoms with Crippen molar-refractivity contribution in [3.63, 3.8) is 0 Å². The predicted octanol–water partition coefficient (Wildman–Crippen LogP) is 5.38. The van der Waals surface area contributed by atoms with Gasteiger partial charge in [-0.1, -0.05) is 42.1 Å². The lowest BCUT2D eigenvalue weighted by atomic mass is 9.81. The molecule has 10 nitrogen and oxygen atoms in total. The van der Waals surface area contributed by atoms with E-state index in [1.165, 1.54) is 24.3 Å². The average Bonchev–Trinajstić information content (AvgIpc) is 2.95. The number of thioether (sulfide) groups is 1. The van der Waals surface area contributed by atoms with Crippen molar-refractivity contribution in [3.8, 4) is 5.75 Å². The summed E-state index contributed by atoms with van der Waals surface area (Å²) in [6.45, 7) is 1.74. The van der Waals surface area contributed by atoms with Crippen LogP contribution < -0.4 is 4.74 Å². The minimum Gasteiger partial charge on any atom is -0.497 e. The first-order valence-corrected chi connectivity index (χ1v) is 13.3. The number of β-lactam (4-membered cyclic amide) rings is 1. The molecular weight excluding hydrogens is 536 g/mol. The number of hydrogen-bond acceptors (Lipinski definition) is 9. The van der Waals surface area contributed by atoms with Gasteiger partial charge in [0.25, 0.3) is 5.69 Å². The van der Waals surface area contributed by atoms with E-state index >= 15 is 0 Å². The number of nitro groups is 1. The number of hydrogen-bond donors (Lipinski definition) is 0.